The molecule has 1 aromatic heterocycles. The number of benzene rings is 2. The van der Waals surface area contributed by atoms with Gasteiger partial charge in [0.2, 0.25) is 0 Å². The van der Waals surface area contributed by atoms with Crippen LogP contribution in [0.2, 0.25) is 0 Å². The van der Waals surface area contributed by atoms with Crippen LogP contribution in [0.15, 0.2) is 60.3 Å². The van der Waals surface area contributed by atoms with Gasteiger partial charge in [-0.2, -0.15) is 0 Å². The zero-order valence-electron chi connectivity index (χ0n) is 18.5. The van der Waals surface area contributed by atoms with Crippen LogP contribution in [0.1, 0.15) is 30.9 Å². The quantitative estimate of drug-likeness (QED) is 0.271. The molecular formula is C25H23N3O4S. The minimum absolute atomic E-state index is 0.0126. The fourth-order valence-corrected chi connectivity index (χ4v) is 4.06. The highest BCUT2D eigenvalue weighted by Crippen LogP contribution is 2.27. The number of methoxy groups -OCH3 is 1. The molecule has 0 bridgehead atoms. The van der Waals surface area contributed by atoms with E-state index in [0.717, 1.165) is 16.5 Å². The Bertz CT molecular complexity index is 1300. The first-order chi connectivity index (χ1) is 15.8. The first-order valence-corrected chi connectivity index (χ1v) is 10.9. The molecule has 0 aliphatic carbocycles. The Kier molecular flexibility index (Phi) is 6.11. The second-order valence-corrected chi connectivity index (χ2v) is 8.40. The van der Waals surface area contributed by atoms with Gasteiger partial charge < -0.3 is 9.30 Å². The van der Waals surface area contributed by atoms with E-state index in [2.05, 4.69) is 19.2 Å². The zero-order chi connectivity index (χ0) is 23.7. The van der Waals surface area contributed by atoms with Crippen LogP contribution in [0.5, 0.6) is 0 Å². The number of carbonyl (C=O) groups is 3. The molecule has 1 aliphatic rings. The van der Waals surface area contributed by atoms with Crippen molar-refractivity contribution in [2.45, 2.75) is 26.3 Å². The topological polar surface area (TPSA) is 80.6 Å². The van der Waals surface area contributed by atoms with Crippen molar-refractivity contribution >= 4 is 57.8 Å². The maximum absolute atomic E-state index is 13.4. The molecule has 2 aromatic carbocycles. The predicted molar refractivity (Wildman–Crippen MR) is 131 cm³/mol. The molecule has 4 rings (SSSR count). The van der Waals surface area contributed by atoms with Crippen molar-refractivity contribution in [3.05, 3.63) is 71.4 Å². The van der Waals surface area contributed by atoms with Gasteiger partial charge in [-0.1, -0.05) is 44.2 Å². The van der Waals surface area contributed by atoms with E-state index in [-0.39, 0.29) is 17.2 Å². The third-order valence-electron chi connectivity index (χ3n) is 5.57. The molecule has 168 valence electrons. The number of nitrogens with one attached hydrogen (secondary N) is 1. The molecule has 0 saturated carbocycles. The first kappa shape index (κ1) is 22.4. The van der Waals surface area contributed by atoms with Crippen molar-refractivity contribution in [1.82, 2.24) is 9.88 Å². The number of carbonyl (C=O) groups excluding carboxylic acids is 3. The number of hydrogen-bond acceptors (Lipinski definition) is 5. The highest BCUT2D eigenvalue weighted by Gasteiger charge is 2.34. The van der Waals surface area contributed by atoms with Gasteiger partial charge in [0.25, 0.3) is 11.8 Å². The van der Waals surface area contributed by atoms with Crippen LogP contribution >= 0.6 is 12.2 Å². The van der Waals surface area contributed by atoms with Gasteiger partial charge in [0.1, 0.15) is 12.1 Å². The standard InChI is InChI=1S/C25H23N3O4S/c1-15(2)16-8-10-18(11-9-16)28-24(31)20(23(30)26-25(28)33)12-17-13-27(14-22(29)32-3)21-7-5-4-6-19(17)21/h4-13,15H,14H2,1-3H3,(H,26,30,33)/b20-12+. The summed E-state index contributed by atoms with van der Waals surface area (Å²) in [5.41, 5.74) is 3.09. The lowest BCUT2D eigenvalue weighted by atomic mass is 10.0. The van der Waals surface area contributed by atoms with Crippen molar-refractivity contribution in [3.63, 3.8) is 0 Å². The molecule has 1 saturated heterocycles. The molecule has 2 amide bonds. The van der Waals surface area contributed by atoms with Gasteiger partial charge in [0.05, 0.1) is 12.8 Å². The molecule has 0 spiro atoms. The average Bonchev–Trinajstić information content (AvgIpc) is 3.14. The number of anilines is 1. The van der Waals surface area contributed by atoms with Crippen molar-refractivity contribution in [1.29, 1.82) is 0 Å². The van der Waals surface area contributed by atoms with Gasteiger partial charge >= 0.3 is 5.97 Å². The van der Waals surface area contributed by atoms with Gasteiger partial charge in [-0.3, -0.25) is 24.6 Å². The van der Waals surface area contributed by atoms with Crippen molar-refractivity contribution in [3.8, 4) is 0 Å². The summed E-state index contributed by atoms with van der Waals surface area (Å²) in [7, 11) is 1.33. The molecule has 0 radical (unpaired) electrons. The number of amides is 2. The van der Waals surface area contributed by atoms with Crippen molar-refractivity contribution in [2.24, 2.45) is 0 Å². The number of hydrogen-bond donors (Lipinski definition) is 1. The van der Waals surface area contributed by atoms with E-state index in [0.29, 0.717) is 17.2 Å². The summed E-state index contributed by atoms with van der Waals surface area (Å²) in [6.45, 7) is 4.19. The Morgan fingerprint density at radius 2 is 1.82 bits per heavy atom. The molecule has 8 heteroatoms. The van der Waals surface area contributed by atoms with Crippen molar-refractivity contribution < 1.29 is 19.1 Å². The largest absolute Gasteiger partial charge is 0.468 e. The molecule has 1 aliphatic heterocycles. The van der Waals surface area contributed by atoms with Crippen LogP contribution in [0.25, 0.3) is 17.0 Å². The summed E-state index contributed by atoms with van der Waals surface area (Å²) in [6, 6.07) is 15.0. The van der Waals surface area contributed by atoms with Crippen LogP contribution in [0, 0.1) is 0 Å². The molecule has 2 heterocycles. The molecule has 0 unspecified atom stereocenters. The van der Waals surface area contributed by atoms with E-state index in [9.17, 15) is 14.4 Å². The van der Waals surface area contributed by atoms with E-state index < -0.39 is 17.8 Å². The number of ether oxygens (including phenoxy) is 1. The Labute approximate surface area is 196 Å². The Hall–Kier alpha value is -3.78. The average molecular weight is 462 g/mol. The van der Waals surface area contributed by atoms with Gasteiger partial charge in [-0.15, -0.1) is 0 Å². The summed E-state index contributed by atoms with van der Waals surface area (Å²) in [5, 5.41) is 3.45. The molecule has 7 nitrogen and oxygen atoms in total. The molecule has 0 atom stereocenters. The number of nitrogens with zero attached hydrogens (tertiary/aromatic N) is 2. The van der Waals surface area contributed by atoms with Crippen molar-refractivity contribution in [2.75, 3.05) is 12.0 Å². The van der Waals surface area contributed by atoms with Gasteiger partial charge in [0, 0.05) is 22.7 Å². The molecule has 3 aromatic rings. The van der Waals surface area contributed by atoms with E-state index in [1.165, 1.54) is 18.1 Å². The summed E-state index contributed by atoms with van der Waals surface area (Å²) < 4.78 is 6.51. The molecular weight excluding hydrogens is 438 g/mol. The van der Waals surface area contributed by atoms with Gasteiger partial charge in [0.15, 0.2) is 5.11 Å². The molecule has 33 heavy (non-hydrogen) atoms. The smallest absolute Gasteiger partial charge is 0.325 e. The minimum Gasteiger partial charge on any atom is -0.468 e. The summed E-state index contributed by atoms with van der Waals surface area (Å²) in [4.78, 5) is 39.2. The van der Waals surface area contributed by atoms with Crippen LogP contribution < -0.4 is 10.2 Å². The fourth-order valence-electron chi connectivity index (χ4n) is 3.78. The lowest BCUT2D eigenvalue weighted by Gasteiger charge is -2.29. The maximum atomic E-state index is 13.4. The second-order valence-electron chi connectivity index (χ2n) is 8.01. The highest BCUT2D eigenvalue weighted by molar-refractivity contribution is 7.80. The zero-order valence-corrected chi connectivity index (χ0v) is 19.3. The van der Waals surface area contributed by atoms with Gasteiger partial charge in [-0.05, 0) is 48.0 Å². The Balaban J connectivity index is 1.75. The summed E-state index contributed by atoms with van der Waals surface area (Å²) >= 11 is 5.30. The lowest BCUT2D eigenvalue weighted by molar-refractivity contribution is -0.141. The van der Waals surface area contributed by atoms with Gasteiger partial charge in [-0.25, -0.2) is 0 Å². The molecule has 1 N–H and O–H groups in total. The molecule has 1 fully saturated rings. The number of fused-ring (bicyclic) bond motifs is 1. The number of para-hydroxylation sites is 1. The second kappa shape index (κ2) is 8.99. The Morgan fingerprint density at radius 3 is 2.48 bits per heavy atom. The number of rotatable bonds is 5. The number of aromatic nitrogens is 1. The van der Waals surface area contributed by atoms with E-state index in [1.54, 1.807) is 10.8 Å². The summed E-state index contributed by atoms with van der Waals surface area (Å²) in [6.07, 6.45) is 3.26. The van der Waals surface area contributed by atoms with Crippen LogP contribution in [-0.2, 0) is 25.7 Å². The number of thiocarbonyl (C=S) groups is 1. The minimum atomic E-state index is -0.565. The summed E-state index contributed by atoms with van der Waals surface area (Å²) in [5.74, 6) is -1.13. The normalized spacial score (nSPS) is 15.5. The SMILES string of the molecule is COC(=O)Cn1cc(/C=C2\C(=O)NC(=S)N(c3ccc(C(C)C)cc3)C2=O)c2ccccc21. The maximum Gasteiger partial charge on any atom is 0.325 e. The van der Waals surface area contributed by atoms with E-state index >= 15 is 0 Å². The van der Waals surface area contributed by atoms with Crippen LogP contribution in [-0.4, -0.2) is 34.6 Å². The third kappa shape index (κ3) is 4.29. The van der Waals surface area contributed by atoms with E-state index in [1.807, 2.05) is 48.5 Å². The first-order valence-electron chi connectivity index (χ1n) is 10.5. The number of esters is 1. The monoisotopic (exact) mass is 461 g/mol. The fraction of sp³-hybridized carbons (Fsp3) is 0.200. The highest BCUT2D eigenvalue weighted by atomic mass is 32.1. The van der Waals surface area contributed by atoms with E-state index in [4.69, 9.17) is 17.0 Å². The Morgan fingerprint density at radius 1 is 1.12 bits per heavy atom. The van der Waals surface area contributed by atoms with Crippen LogP contribution in [0.4, 0.5) is 5.69 Å². The lowest BCUT2D eigenvalue weighted by Crippen LogP contribution is -2.54. The predicted octanol–water partition coefficient (Wildman–Crippen LogP) is 3.77. The third-order valence-corrected chi connectivity index (χ3v) is 5.85. The van der Waals surface area contributed by atoms with Crippen LogP contribution in [0.3, 0.4) is 0 Å².